The average molecular weight is 475 g/mol. The van der Waals surface area contributed by atoms with Gasteiger partial charge in [0.15, 0.2) is 0 Å². The van der Waals surface area contributed by atoms with Crippen molar-refractivity contribution in [3.05, 3.63) is 118 Å². The van der Waals surface area contributed by atoms with Crippen molar-refractivity contribution >= 4 is 18.1 Å². The van der Waals surface area contributed by atoms with Gasteiger partial charge < -0.3 is 14.0 Å². The second-order valence-corrected chi connectivity index (χ2v) is 8.65. The van der Waals surface area contributed by atoms with Gasteiger partial charge in [0.2, 0.25) is 0 Å². The summed E-state index contributed by atoms with van der Waals surface area (Å²) in [5, 5.41) is 11.7. The summed E-state index contributed by atoms with van der Waals surface area (Å²) in [6, 6.07) is 27.9. The molecule has 0 spiro atoms. The standard InChI is InChI=1S/C31H26N2O3/c1-2-35-31(34)24-8-13-27(14-9-24)33-20-26(19-32)29-18-25(12-17-30(29)33)23-10-15-28(16-11-23)36-21-22-6-4-3-5-7-22/h3-11,13-18,20,25H,2,12,21H2,1H3. The molecule has 1 aromatic heterocycles. The Morgan fingerprint density at radius 1 is 1.03 bits per heavy atom. The summed E-state index contributed by atoms with van der Waals surface area (Å²) in [6.07, 6.45) is 7.05. The molecule has 3 aromatic carbocycles. The lowest BCUT2D eigenvalue weighted by Gasteiger charge is -2.15. The normalized spacial score (nSPS) is 14.1. The van der Waals surface area contributed by atoms with E-state index >= 15 is 0 Å². The lowest BCUT2D eigenvalue weighted by Crippen LogP contribution is -2.32. The van der Waals surface area contributed by atoms with Gasteiger partial charge in [-0.3, -0.25) is 0 Å². The van der Waals surface area contributed by atoms with Crippen LogP contribution in [0.1, 0.15) is 46.3 Å². The highest BCUT2D eigenvalue weighted by Crippen LogP contribution is 2.26. The minimum atomic E-state index is -0.337. The molecule has 1 unspecified atom stereocenters. The minimum absolute atomic E-state index is 0.176. The molecule has 0 saturated heterocycles. The number of nitriles is 1. The molecular formula is C31H26N2O3. The van der Waals surface area contributed by atoms with Crippen LogP contribution in [0, 0.1) is 11.3 Å². The first-order valence-corrected chi connectivity index (χ1v) is 12.0. The largest absolute Gasteiger partial charge is 0.489 e. The maximum Gasteiger partial charge on any atom is 0.338 e. The van der Waals surface area contributed by atoms with E-state index in [1.54, 1.807) is 19.1 Å². The lowest BCUT2D eigenvalue weighted by atomic mass is 9.91. The third kappa shape index (κ3) is 4.80. The average Bonchev–Trinajstić information content (AvgIpc) is 3.31. The van der Waals surface area contributed by atoms with Gasteiger partial charge >= 0.3 is 5.97 Å². The third-order valence-electron chi connectivity index (χ3n) is 6.35. The SMILES string of the molecule is CCOC(=O)c1ccc(-n2cc(C#N)c3c2=CCC(c2ccc(OCc4ccccc4)cc2)C=3)cc1. The number of hydrogen-bond donors (Lipinski definition) is 0. The van der Waals surface area contributed by atoms with Crippen LogP contribution in [-0.2, 0) is 11.3 Å². The van der Waals surface area contributed by atoms with E-state index in [0.29, 0.717) is 24.3 Å². The van der Waals surface area contributed by atoms with Crippen molar-refractivity contribution in [2.24, 2.45) is 0 Å². The van der Waals surface area contributed by atoms with Gasteiger partial charge in [0.25, 0.3) is 0 Å². The minimum Gasteiger partial charge on any atom is -0.489 e. The molecule has 0 fully saturated rings. The molecule has 1 atom stereocenters. The van der Waals surface area contributed by atoms with Crippen molar-refractivity contribution in [1.82, 2.24) is 4.57 Å². The molecule has 4 aromatic rings. The van der Waals surface area contributed by atoms with E-state index in [1.807, 2.05) is 65.4 Å². The Morgan fingerprint density at radius 2 is 1.78 bits per heavy atom. The van der Waals surface area contributed by atoms with Crippen molar-refractivity contribution in [3.8, 4) is 17.5 Å². The van der Waals surface area contributed by atoms with Crippen LogP contribution in [0.5, 0.6) is 5.75 Å². The number of benzene rings is 3. The van der Waals surface area contributed by atoms with Crippen molar-refractivity contribution in [2.45, 2.75) is 25.9 Å². The number of aromatic nitrogens is 1. The van der Waals surface area contributed by atoms with Crippen LogP contribution >= 0.6 is 0 Å². The molecule has 1 aliphatic rings. The first kappa shape index (κ1) is 23.2. The lowest BCUT2D eigenvalue weighted by molar-refractivity contribution is 0.0526. The summed E-state index contributed by atoms with van der Waals surface area (Å²) < 4.78 is 13.0. The number of fused-ring (bicyclic) bond motifs is 1. The molecule has 0 radical (unpaired) electrons. The number of carbonyl (C=O) groups excluding carboxylic acids is 1. The zero-order chi connectivity index (χ0) is 24.9. The zero-order valence-electron chi connectivity index (χ0n) is 20.1. The predicted molar refractivity (Wildman–Crippen MR) is 139 cm³/mol. The summed E-state index contributed by atoms with van der Waals surface area (Å²) >= 11 is 0. The number of hydrogen-bond acceptors (Lipinski definition) is 4. The molecule has 0 saturated carbocycles. The third-order valence-corrected chi connectivity index (χ3v) is 6.35. The van der Waals surface area contributed by atoms with Crippen molar-refractivity contribution in [3.63, 3.8) is 0 Å². The molecule has 178 valence electrons. The number of esters is 1. The van der Waals surface area contributed by atoms with Crippen molar-refractivity contribution < 1.29 is 14.3 Å². The van der Waals surface area contributed by atoms with Gasteiger partial charge in [-0.05, 0) is 60.9 Å². The maximum atomic E-state index is 12.0. The summed E-state index contributed by atoms with van der Waals surface area (Å²) in [5.41, 5.74) is 4.34. The van der Waals surface area contributed by atoms with Crippen LogP contribution in [0.25, 0.3) is 17.8 Å². The fourth-order valence-electron chi connectivity index (χ4n) is 4.49. The van der Waals surface area contributed by atoms with E-state index < -0.39 is 0 Å². The van der Waals surface area contributed by atoms with Crippen LogP contribution in [0.15, 0.2) is 85.1 Å². The van der Waals surface area contributed by atoms with E-state index in [-0.39, 0.29) is 11.9 Å². The molecule has 1 heterocycles. The van der Waals surface area contributed by atoms with Crippen LogP contribution in [0.3, 0.4) is 0 Å². The first-order chi connectivity index (χ1) is 17.7. The Balaban J connectivity index is 1.37. The van der Waals surface area contributed by atoms with Crippen LogP contribution in [0.2, 0.25) is 0 Å². The number of rotatable bonds is 7. The monoisotopic (exact) mass is 474 g/mol. The molecule has 0 bridgehead atoms. The number of nitrogens with zero attached hydrogens (tertiary/aromatic N) is 2. The van der Waals surface area contributed by atoms with Crippen molar-refractivity contribution in [2.75, 3.05) is 6.61 Å². The Labute approximate surface area is 210 Å². The Kier molecular flexibility index (Phi) is 6.68. The second-order valence-electron chi connectivity index (χ2n) is 8.65. The van der Waals surface area contributed by atoms with E-state index in [4.69, 9.17) is 9.47 Å². The molecule has 1 aliphatic carbocycles. The fraction of sp³-hybridized carbons (Fsp3) is 0.161. The van der Waals surface area contributed by atoms with Gasteiger partial charge in [0.1, 0.15) is 18.4 Å². The summed E-state index contributed by atoms with van der Waals surface area (Å²) in [7, 11) is 0. The second kappa shape index (κ2) is 10.4. The molecule has 5 rings (SSSR count). The van der Waals surface area contributed by atoms with E-state index in [9.17, 15) is 10.1 Å². The van der Waals surface area contributed by atoms with Crippen LogP contribution < -0.4 is 15.3 Å². The van der Waals surface area contributed by atoms with Crippen molar-refractivity contribution in [1.29, 1.82) is 5.26 Å². The topological polar surface area (TPSA) is 64.2 Å². The fourth-order valence-corrected chi connectivity index (χ4v) is 4.49. The van der Waals surface area contributed by atoms with E-state index in [1.165, 1.54) is 5.56 Å². The predicted octanol–water partition coefficient (Wildman–Crippen LogP) is 4.85. The Morgan fingerprint density at radius 3 is 2.47 bits per heavy atom. The van der Waals surface area contributed by atoms with Gasteiger partial charge in [0.05, 0.1) is 17.7 Å². The Bertz CT molecular complexity index is 1530. The maximum absolute atomic E-state index is 12.0. The molecule has 5 nitrogen and oxygen atoms in total. The smallest absolute Gasteiger partial charge is 0.338 e. The van der Waals surface area contributed by atoms with Gasteiger partial charge in [-0.2, -0.15) is 5.26 Å². The summed E-state index contributed by atoms with van der Waals surface area (Å²) in [5.74, 6) is 0.670. The molecule has 0 aliphatic heterocycles. The van der Waals surface area contributed by atoms with Gasteiger partial charge in [-0.25, -0.2) is 4.79 Å². The van der Waals surface area contributed by atoms with Crippen LogP contribution in [0.4, 0.5) is 0 Å². The number of carbonyl (C=O) groups is 1. The molecule has 5 heteroatoms. The Hall–Kier alpha value is -4.56. The van der Waals surface area contributed by atoms with E-state index in [0.717, 1.165) is 34.0 Å². The highest BCUT2D eigenvalue weighted by molar-refractivity contribution is 5.89. The molecule has 36 heavy (non-hydrogen) atoms. The van der Waals surface area contributed by atoms with Gasteiger partial charge in [-0.15, -0.1) is 0 Å². The molecule has 0 amide bonds. The first-order valence-electron chi connectivity index (χ1n) is 12.0. The molecule has 0 N–H and O–H groups in total. The van der Waals surface area contributed by atoms with E-state index in [2.05, 4.69) is 30.4 Å². The highest BCUT2D eigenvalue weighted by Gasteiger charge is 2.16. The number of ether oxygens (including phenoxy) is 2. The van der Waals surface area contributed by atoms with Gasteiger partial charge in [-0.1, -0.05) is 54.6 Å². The van der Waals surface area contributed by atoms with Crippen LogP contribution in [-0.4, -0.2) is 17.1 Å². The quantitative estimate of drug-likeness (QED) is 0.359. The summed E-state index contributed by atoms with van der Waals surface area (Å²) in [4.78, 5) is 12.0. The highest BCUT2D eigenvalue weighted by atomic mass is 16.5. The molecular weight excluding hydrogens is 448 g/mol. The summed E-state index contributed by atoms with van der Waals surface area (Å²) in [6.45, 7) is 2.66. The van der Waals surface area contributed by atoms with Gasteiger partial charge in [0, 0.05) is 28.4 Å². The zero-order valence-corrected chi connectivity index (χ0v) is 20.1.